The minimum atomic E-state index is -0.000983. The van der Waals surface area contributed by atoms with Gasteiger partial charge in [-0.1, -0.05) is 19.8 Å². The van der Waals surface area contributed by atoms with Crippen molar-refractivity contribution in [1.82, 2.24) is 4.90 Å². The molecule has 0 amide bonds. The van der Waals surface area contributed by atoms with Crippen LogP contribution < -0.4 is 5.73 Å². The molecule has 17 heavy (non-hydrogen) atoms. The molecule has 1 aliphatic rings. The zero-order valence-corrected chi connectivity index (χ0v) is 11.0. The summed E-state index contributed by atoms with van der Waals surface area (Å²) < 4.78 is 5.36. The Kier molecular flexibility index (Phi) is 3.89. The first-order valence-electron chi connectivity index (χ1n) is 6.57. The van der Waals surface area contributed by atoms with Crippen LogP contribution in [0.4, 0.5) is 0 Å². The summed E-state index contributed by atoms with van der Waals surface area (Å²) in [7, 11) is 2.12. The summed E-state index contributed by atoms with van der Waals surface area (Å²) in [5.74, 6) is 1.78. The van der Waals surface area contributed by atoms with Crippen LogP contribution in [0.1, 0.15) is 38.4 Å². The molecule has 0 aliphatic heterocycles. The molecule has 2 unspecified atom stereocenters. The van der Waals surface area contributed by atoms with E-state index in [1.807, 2.05) is 12.1 Å². The zero-order valence-electron chi connectivity index (χ0n) is 11.0. The van der Waals surface area contributed by atoms with Crippen LogP contribution in [0.15, 0.2) is 22.8 Å². The predicted molar refractivity (Wildman–Crippen MR) is 69.6 cm³/mol. The first kappa shape index (κ1) is 12.7. The van der Waals surface area contributed by atoms with Crippen molar-refractivity contribution in [2.24, 2.45) is 11.7 Å². The summed E-state index contributed by atoms with van der Waals surface area (Å²) in [6, 6.07) is 3.95. The lowest BCUT2D eigenvalue weighted by atomic mass is 9.77. The van der Waals surface area contributed by atoms with Gasteiger partial charge in [0.2, 0.25) is 0 Å². The fraction of sp³-hybridized carbons (Fsp3) is 0.714. The molecular weight excluding hydrogens is 212 g/mol. The molecule has 0 aromatic carbocycles. The third-order valence-corrected chi connectivity index (χ3v) is 3.72. The number of nitrogens with zero attached hydrogens (tertiary/aromatic N) is 1. The van der Waals surface area contributed by atoms with Crippen LogP contribution in [-0.4, -0.2) is 24.0 Å². The van der Waals surface area contributed by atoms with E-state index >= 15 is 0 Å². The number of likely N-dealkylation sites (N-methyl/N-ethyl adjacent to an activating group) is 1. The second kappa shape index (κ2) is 5.23. The van der Waals surface area contributed by atoms with E-state index in [0.717, 1.165) is 37.6 Å². The topological polar surface area (TPSA) is 42.4 Å². The Hall–Kier alpha value is -0.800. The maximum atomic E-state index is 6.51. The van der Waals surface area contributed by atoms with Gasteiger partial charge in [-0.3, -0.25) is 4.90 Å². The monoisotopic (exact) mass is 236 g/mol. The molecule has 0 radical (unpaired) electrons. The van der Waals surface area contributed by atoms with Gasteiger partial charge in [-0.05, 0) is 37.9 Å². The fourth-order valence-corrected chi connectivity index (χ4v) is 3.11. The smallest absolute Gasteiger partial charge is 0.117 e. The minimum Gasteiger partial charge on any atom is -0.468 e. The van der Waals surface area contributed by atoms with Crippen molar-refractivity contribution in [2.75, 3.05) is 13.6 Å². The van der Waals surface area contributed by atoms with Crippen LogP contribution in [0.5, 0.6) is 0 Å². The second-order valence-electron chi connectivity index (χ2n) is 5.82. The lowest BCUT2D eigenvalue weighted by molar-refractivity contribution is 0.160. The third kappa shape index (κ3) is 3.58. The largest absolute Gasteiger partial charge is 0.468 e. The van der Waals surface area contributed by atoms with Crippen LogP contribution in [-0.2, 0) is 6.54 Å². The van der Waals surface area contributed by atoms with E-state index in [9.17, 15) is 0 Å². The van der Waals surface area contributed by atoms with Crippen LogP contribution in [0.2, 0.25) is 0 Å². The third-order valence-electron chi connectivity index (χ3n) is 3.72. The Balaban J connectivity index is 1.86. The lowest BCUT2D eigenvalue weighted by Gasteiger charge is -2.39. The van der Waals surface area contributed by atoms with Gasteiger partial charge < -0.3 is 10.2 Å². The highest BCUT2D eigenvalue weighted by Crippen LogP contribution is 2.31. The van der Waals surface area contributed by atoms with E-state index in [-0.39, 0.29) is 5.54 Å². The van der Waals surface area contributed by atoms with Crippen LogP contribution in [0, 0.1) is 5.92 Å². The molecule has 1 aromatic rings. The fourth-order valence-electron chi connectivity index (χ4n) is 3.11. The number of nitrogens with two attached hydrogens (primary N) is 1. The molecule has 0 spiro atoms. The SMILES string of the molecule is CC1CCCC(N)(CN(C)Cc2ccco2)C1. The summed E-state index contributed by atoms with van der Waals surface area (Å²) in [6.07, 6.45) is 6.63. The van der Waals surface area contributed by atoms with E-state index in [1.165, 1.54) is 12.8 Å². The van der Waals surface area contributed by atoms with E-state index in [2.05, 4.69) is 18.9 Å². The lowest BCUT2D eigenvalue weighted by Crippen LogP contribution is -2.51. The minimum absolute atomic E-state index is 0.000983. The molecule has 0 saturated heterocycles. The summed E-state index contributed by atoms with van der Waals surface area (Å²) in [6.45, 7) is 4.12. The van der Waals surface area contributed by atoms with Gasteiger partial charge in [0, 0.05) is 12.1 Å². The molecule has 1 fully saturated rings. The van der Waals surface area contributed by atoms with Crippen molar-refractivity contribution in [2.45, 2.75) is 44.7 Å². The maximum Gasteiger partial charge on any atom is 0.117 e. The molecule has 1 saturated carbocycles. The standard InChI is InChI=1S/C14H24N2O/c1-12-5-3-7-14(15,9-12)11-16(2)10-13-6-4-8-17-13/h4,6,8,12H,3,5,7,9-11,15H2,1-2H3. The van der Waals surface area contributed by atoms with Gasteiger partial charge >= 0.3 is 0 Å². The van der Waals surface area contributed by atoms with Gasteiger partial charge in [0.15, 0.2) is 0 Å². The number of furan rings is 1. The Bertz CT molecular complexity index is 336. The number of hydrogen-bond donors (Lipinski definition) is 1. The highest BCUT2D eigenvalue weighted by atomic mass is 16.3. The second-order valence-corrected chi connectivity index (χ2v) is 5.82. The van der Waals surface area contributed by atoms with Gasteiger partial charge in [-0.25, -0.2) is 0 Å². The maximum absolute atomic E-state index is 6.51. The highest BCUT2D eigenvalue weighted by Gasteiger charge is 2.31. The van der Waals surface area contributed by atoms with Gasteiger partial charge in [0.05, 0.1) is 12.8 Å². The Morgan fingerprint density at radius 2 is 2.41 bits per heavy atom. The first-order chi connectivity index (χ1) is 8.07. The summed E-state index contributed by atoms with van der Waals surface area (Å²) in [5, 5.41) is 0. The van der Waals surface area contributed by atoms with Crippen LogP contribution in [0.25, 0.3) is 0 Å². The highest BCUT2D eigenvalue weighted by molar-refractivity contribution is 4.99. The average molecular weight is 236 g/mol. The molecule has 2 N–H and O–H groups in total. The molecule has 2 atom stereocenters. The summed E-state index contributed by atoms with van der Waals surface area (Å²) >= 11 is 0. The Labute approximate surface area is 104 Å². The Morgan fingerprint density at radius 3 is 3.06 bits per heavy atom. The van der Waals surface area contributed by atoms with Crippen molar-refractivity contribution >= 4 is 0 Å². The van der Waals surface area contributed by atoms with Crippen LogP contribution >= 0.6 is 0 Å². The average Bonchev–Trinajstić information content (AvgIpc) is 2.68. The van der Waals surface area contributed by atoms with Crippen molar-refractivity contribution in [1.29, 1.82) is 0 Å². The molecule has 1 aliphatic carbocycles. The van der Waals surface area contributed by atoms with E-state index in [1.54, 1.807) is 6.26 Å². The van der Waals surface area contributed by atoms with Crippen molar-refractivity contribution in [3.63, 3.8) is 0 Å². The van der Waals surface area contributed by atoms with Gasteiger partial charge in [0.25, 0.3) is 0 Å². The molecule has 96 valence electrons. The van der Waals surface area contributed by atoms with E-state index in [0.29, 0.717) is 0 Å². The van der Waals surface area contributed by atoms with Gasteiger partial charge in [0.1, 0.15) is 5.76 Å². The number of hydrogen-bond acceptors (Lipinski definition) is 3. The Morgan fingerprint density at radius 1 is 1.59 bits per heavy atom. The van der Waals surface area contributed by atoms with Crippen molar-refractivity contribution in [3.05, 3.63) is 24.2 Å². The first-order valence-corrected chi connectivity index (χ1v) is 6.57. The summed E-state index contributed by atoms with van der Waals surface area (Å²) in [5.41, 5.74) is 6.51. The molecule has 2 rings (SSSR count). The van der Waals surface area contributed by atoms with Crippen LogP contribution in [0.3, 0.4) is 0 Å². The molecule has 1 heterocycles. The van der Waals surface area contributed by atoms with Gasteiger partial charge in [-0.15, -0.1) is 0 Å². The molecule has 1 aromatic heterocycles. The normalized spacial score (nSPS) is 29.8. The molecule has 3 nitrogen and oxygen atoms in total. The van der Waals surface area contributed by atoms with E-state index in [4.69, 9.17) is 10.2 Å². The van der Waals surface area contributed by atoms with Gasteiger partial charge in [-0.2, -0.15) is 0 Å². The van der Waals surface area contributed by atoms with Crippen molar-refractivity contribution in [3.8, 4) is 0 Å². The molecular formula is C14H24N2O. The quantitative estimate of drug-likeness (QED) is 0.874. The van der Waals surface area contributed by atoms with E-state index < -0.39 is 0 Å². The zero-order chi connectivity index (χ0) is 12.3. The van der Waals surface area contributed by atoms with Crippen molar-refractivity contribution < 1.29 is 4.42 Å². The number of rotatable bonds is 4. The summed E-state index contributed by atoms with van der Waals surface area (Å²) in [4.78, 5) is 2.27. The predicted octanol–water partition coefficient (Wildman–Crippen LogP) is 2.62. The molecule has 3 heteroatoms. The molecule has 0 bridgehead atoms.